The molecule has 3 rings (SSSR count). The second-order valence-electron chi connectivity index (χ2n) is 4.03. The van der Waals surface area contributed by atoms with E-state index in [1.165, 1.54) is 0 Å². The Hall–Kier alpha value is -1.20. The second kappa shape index (κ2) is 4.48. The number of halogens is 2. The molecule has 3 aromatic rings. The van der Waals surface area contributed by atoms with E-state index >= 15 is 0 Å². The monoisotopic (exact) mass is 365 g/mol. The fourth-order valence-electron chi connectivity index (χ4n) is 1.80. The molecule has 0 bridgehead atoms. The van der Waals surface area contributed by atoms with Crippen LogP contribution in [0.4, 0.5) is 0 Å². The average Bonchev–Trinajstić information content (AvgIpc) is 2.71. The SMILES string of the molecule is Cc1ccc2[nH]c(-c3ccc(Br)cc3Br)nc2n1. The maximum atomic E-state index is 4.52. The summed E-state index contributed by atoms with van der Waals surface area (Å²) in [7, 11) is 0. The molecule has 1 aromatic carbocycles. The molecule has 0 atom stereocenters. The highest BCUT2D eigenvalue weighted by Crippen LogP contribution is 2.29. The maximum Gasteiger partial charge on any atom is 0.178 e. The zero-order valence-corrected chi connectivity index (χ0v) is 12.7. The van der Waals surface area contributed by atoms with Crippen LogP contribution in [0, 0.1) is 6.92 Å². The Morgan fingerprint density at radius 2 is 1.89 bits per heavy atom. The Bertz CT molecular complexity index is 734. The summed E-state index contributed by atoms with van der Waals surface area (Å²) in [6, 6.07) is 9.98. The maximum absolute atomic E-state index is 4.52. The van der Waals surface area contributed by atoms with E-state index in [1.807, 2.05) is 37.3 Å². The summed E-state index contributed by atoms with van der Waals surface area (Å²) in [5, 5.41) is 0. The minimum Gasteiger partial charge on any atom is -0.337 e. The van der Waals surface area contributed by atoms with Gasteiger partial charge in [-0.2, -0.15) is 0 Å². The van der Waals surface area contributed by atoms with Crippen LogP contribution in [0.3, 0.4) is 0 Å². The fraction of sp³-hybridized carbons (Fsp3) is 0.0769. The molecular weight excluding hydrogens is 358 g/mol. The van der Waals surface area contributed by atoms with Gasteiger partial charge < -0.3 is 4.98 Å². The van der Waals surface area contributed by atoms with Crippen LogP contribution in [0.2, 0.25) is 0 Å². The number of imidazole rings is 1. The minimum atomic E-state index is 0.750. The standard InChI is InChI=1S/C13H9Br2N3/c1-7-2-5-11-13(16-7)18-12(17-11)9-4-3-8(14)6-10(9)15/h2-6H,1H3,(H,16,17,18). The van der Waals surface area contributed by atoms with Crippen LogP contribution in [0.1, 0.15) is 5.69 Å². The molecule has 0 aliphatic heterocycles. The summed E-state index contributed by atoms with van der Waals surface area (Å²) in [6.07, 6.45) is 0. The predicted octanol–water partition coefficient (Wildman–Crippen LogP) is 4.46. The molecule has 0 unspecified atom stereocenters. The molecule has 18 heavy (non-hydrogen) atoms. The van der Waals surface area contributed by atoms with Crippen molar-refractivity contribution < 1.29 is 0 Å². The Kier molecular flexibility index (Phi) is 2.95. The summed E-state index contributed by atoms with van der Waals surface area (Å²) in [6.45, 7) is 1.96. The van der Waals surface area contributed by atoms with Crippen molar-refractivity contribution in [1.82, 2.24) is 15.0 Å². The number of benzene rings is 1. The van der Waals surface area contributed by atoms with Gasteiger partial charge in [0.2, 0.25) is 0 Å². The van der Waals surface area contributed by atoms with Crippen LogP contribution in [-0.2, 0) is 0 Å². The molecular formula is C13H9Br2N3. The van der Waals surface area contributed by atoms with Crippen molar-refractivity contribution in [3.05, 3.63) is 45.0 Å². The third-order valence-corrected chi connectivity index (χ3v) is 3.82. The van der Waals surface area contributed by atoms with E-state index in [2.05, 4.69) is 46.8 Å². The quantitative estimate of drug-likeness (QED) is 0.690. The van der Waals surface area contributed by atoms with E-state index in [9.17, 15) is 0 Å². The number of aromatic amines is 1. The van der Waals surface area contributed by atoms with Crippen molar-refractivity contribution in [2.45, 2.75) is 6.92 Å². The van der Waals surface area contributed by atoms with Gasteiger partial charge in [0.05, 0.1) is 5.52 Å². The van der Waals surface area contributed by atoms with Crippen LogP contribution in [0.25, 0.3) is 22.6 Å². The van der Waals surface area contributed by atoms with E-state index in [0.29, 0.717) is 0 Å². The first-order valence-electron chi connectivity index (χ1n) is 5.42. The topological polar surface area (TPSA) is 41.6 Å². The zero-order chi connectivity index (χ0) is 12.7. The molecule has 0 fully saturated rings. The molecule has 1 N–H and O–H groups in total. The van der Waals surface area contributed by atoms with Crippen molar-refractivity contribution in [2.75, 3.05) is 0 Å². The van der Waals surface area contributed by atoms with Gasteiger partial charge in [-0.1, -0.05) is 15.9 Å². The zero-order valence-electron chi connectivity index (χ0n) is 9.54. The minimum absolute atomic E-state index is 0.750. The van der Waals surface area contributed by atoms with Crippen molar-refractivity contribution in [3.8, 4) is 11.4 Å². The van der Waals surface area contributed by atoms with E-state index in [4.69, 9.17) is 0 Å². The van der Waals surface area contributed by atoms with E-state index < -0.39 is 0 Å². The van der Waals surface area contributed by atoms with Gasteiger partial charge in [-0.05, 0) is 53.2 Å². The molecule has 0 saturated carbocycles. The first-order valence-corrected chi connectivity index (χ1v) is 7.01. The molecule has 0 amide bonds. The molecule has 0 aliphatic carbocycles. The molecule has 0 spiro atoms. The van der Waals surface area contributed by atoms with Gasteiger partial charge in [-0.3, -0.25) is 0 Å². The van der Waals surface area contributed by atoms with Gasteiger partial charge in [0.25, 0.3) is 0 Å². The van der Waals surface area contributed by atoms with Crippen molar-refractivity contribution in [2.24, 2.45) is 0 Å². The van der Waals surface area contributed by atoms with Gasteiger partial charge in [0, 0.05) is 20.2 Å². The number of nitrogens with zero attached hydrogens (tertiary/aromatic N) is 2. The van der Waals surface area contributed by atoms with Gasteiger partial charge >= 0.3 is 0 Å². The van der Waals surface area contributed by atoms with Crippen LogP contribution in [0.5, 0.6) is 0 Å². The average molecular weight is 367 g/mol. The number of nitrogens with one attached hydrogen (secondary N) is 1. The molecule has 5 heteroatoms. The van der Waals surface area contributed by atoms with E-state index in [0.717, 1.165) is 37.2 Å². The predicted molar refractivity (Wildman–Crippen MR) is 79.5 cm³/mol. The number of pyridine rings is 1. The summed E-state index contributed by atoms with van der Waals surface area (Å²) >= 11 is 6.99. The largest absolute Gasteiger partial charge is 0.337 e. The summed E-state index contributed by atoms with van der Waals surface area (Å²) in [5.41, 5.74) is 3.69. The lowest BCUT2D eigenvalue weighted by atomic mass is 10.2. The van der Waals surface area contributed by atoms with Crippen molar-refractivity contribution >= 4 is 43.0 Å². The molecule has 3 nitrogen and oxygen atoms in total. The van der Waals surface area contributed by atoms with Crippen LogP contribution in [-0.4, -0.2) is 15.0 Å². The number of aryl methyl sites for hydroxylation is 1. The number of H-pyrrole nitrogens is 1. The lowest BCUT2D eigenvalue weighted by Crippen LogP contribution is -1.82. The van der Waals surface area contributed by atoms with Crippen LogP contribution < -0.4 is 0 Å². The molecule has 2 heterocycles. The third kappa shape index (κ3) is 2.08. The van der Waals surface area contributed by atoms with E-state index in [1.54, 1.807) is 0 Å². The number of aromatic nitrogens is 3. The molecule has 90 valence electrons. The number of hydrogen-bond acceptors (Lipinski definition) is 2. The smallest absolute Gasteiger partial charge is 0.178 e. The number of fused-ring (bicyclic) bond motifs is 1. The lowest BCUT2D eigenvalue weighted by molar-refractivity contribution is 1.22. The van der Waals surface area contributed by atoms with E-state index in [-0.39, 0.29) is 0 Å². The molecule has 0 aliphatic rings. The van der Waals surface area contributed by atoms with Crippen LogP contribution >= 0.6 is 31.9 Å². The Morgan fingerprint density at radius 1 is 1.06 bits per heavy atom. The number of rotatable bonds is 1. The molecule has 0 saturated heterocycles. The third-order valence-electron chi connectivity index (χ3n) is 2.67. The second-order valence-corrected chi connectivity index (χ2v) is 5.80. The summed E-state index contributed by atoms with van der Waals surface area (Å²) in [5.74, 6) is 0.822. The normalized spacial score (nSPS) is 11.1. The van der Waals surface area contributed by atoms with Gasteiger partial charge in [0.15, 0.2) is 5.65 Å². The van der Waals surface area contributed by atoms with Gasteiger partial charge in [0.1, 0.15) is 5.82 Å². The highest BCUT2D eigenvalue weighted by molar-refractivity contribution is 9.11. The Morgan fingerprint density at radius 3 is 2.67 bits per heavy atom. The highest BCUT2D eigenvalue weighted by Gasteiger charge is 2.09. The van der Waals surface area contributed by atoms with Crippen molar-refractivity contribution in [1.29, 1.82) is 0 Å². The number of hydrogen-bond donors (Lipinski definition) is 1. The highest BCUT2D eigenvalue weighted by atomic mass is 79.9. The summed E-state index contributed by atoms with van der Waals surface area (Å²) < 4.78 is 2.02. The molecule has 2 aromatic heterocycles. The fourth-order valence-corrected chi connectivity index (χ4v) is 3.03. The first-order chi connectivity index (χ1) is 8.63. The summed E-state index contributed by atoms with van der Waals surface area (Å²) in [4.78, 5) is 12.2. The van der Waals surface area contributed by atoms with Gasteiger partial charge in [-0.25, -0.2) is 9.97 Å². The van der Waals surface area contributed by atoms with Crippen molar-refractivity contribution in [3.63, 3.8) is 0 Å². The molecule has 0 radical (unpaired) electrons. The Labute approximate surface area is 121 Å². The Balaban J connectivity index is 2.19. The van der Waals surface area contributed by atoms with Crippen LogP contribution in [0.15, 0.2) is 39.3 Å². The lowest BCUT2D eigenvalue weighted by Gasteiger charge is -2.00. The first kappa shape index (κ1) is 11.9. The van der Waals surface area contributed by atoms with Gasteiger partial charge in [-0.15, -0.1) is 0 Å².